The van der Waals surface area contributed by atoms with Gasteiger partial charge in [0, 0.05) is 45.1 Å². The van der Waals surface area contributed by atoms with Gasteiger partial charge in [-0.2, -0.15) is 4.31 Å². The summed E-state index contributed by atoms with van der Waals surface area (Å²) in [5.41, 5.74) is 2.73. The molecule has 6 nitrogen and oxygen atoms in total. The molecule has 0 amide bonds. The van der Waals surface area contributed by atoms with Crippen molar-refractivity contribution in [2.24, 2.45) is 0 Å². The number of benzene rings is 1. The SMILES string of the molecule is COc1cc(C)c(S(=O)(=O)N2CCN(Cc3ccncc3)CC2)cc1C. The first-order valence-corrected chi connectivity index (χ1v) is 10.1. The van der Waals surface area contributed by atoms with E-state index in [1.54, 1.807) is 35.9 Å². The zero-order valence-electron chi connectivity index (χ0n) is 15.5. The topological polar surface area (TPSA) is 62.7 Å². The fourth-order valence-electron chi connectivity index (χ4n) is 3.27. The van der Waals surface area contributed by atoms with Crippen LogP contribution in [-0.2, 0) is 16.6 Å². The largest absolute Gasteiger partial charge is 0.496 e. The molecular formula is C19H25N3O3S. The van der Waals surface area contributed by atoms with Crippen molar-refractivity contribution in [1.29, 1.82) is 0 Å². The third-order valence-corrected chi connectivity index (χ3v) is 6.84. The second-order valence-electron chi connectivity index (χ2n) is 6.62. The number of methoxy groups -OCH3 is 1. The molecule has 1 fully saturated rings. The van der Waals surface area contributed by atoms with Crippen LogP contribution in [0.25, 0.3) is 0 Å². The molecule has 2 heterocycles. The molecule has 0 spiro atoms. The molecule has 0 N–H and O–H groups in total. The van der Waals surface area contributed by atoms with E-state index in [0.717, 1.165) is 25.2 Å². The highest BCUT2D eigenvalue weighted by atomic mass is 32.2. The zero-order valence-corrected chi connectivity index (χ0v) is 16.3. The number of nitrogens with zero attached hydrogens (tertiary/aromatic N) is 3. The second-order valence-corrected chi connectivity index (χ2v) is 8.53. The molecule has 140 valence electrons. The number of rotatable bonds is 5. The molecule has 0 bridgehead atoms. The molecule has 1 saturated heterocycles. The minimum absolute atomic E-state index is 0.374. The maximum absolute atomic E-state index is 13.1. The van der Waals surface area contributed by atoms with Crippen molar-refractivity contribution in [3.05, 3.63) is 53.3 Å². The highest BCUT2D eigenvalue weighted by molar-refractivity contribution is 7.89. The van der Waals surface area contributed by atoms with Crippen LogP contribution >= 0.6 is 0 Å². The Labute approximate surface area is 155 Å². The van der Waals surface area contributed by atoms with Crippen LogP contribution in [0.5, 0.6) is 5.75 Å². The lowest BCUT2D eigenvalue weighted by molar-refractivity contribution is 0.181. The average Bonchev–Trinajstić information content (AvgIpc) is 2.64. The molecule has 2 aromatic rings. The first-order valence-electron chi connectivity index (χ1n) is 8.68. The van der Waals surface area contributed by atoms with Crippen LogP contribution in [0.3, 0.4) is 0 Å². The van der Waals surface area contributed by atoms with Crippen LogP contribution in [0.1, 0.15) is 16.7 Å². The Morgan fingerprint density at radius 1 is 1.04 bits per heavy atom. The molecule has 1 aliphatic rings. The number of hydrogen-bond donors (Lipinski definition) is 0. The Bertz CT molecular complexity index is 861. The van der Waals surface area contributed by atoms with Crippen LogP contribution < -0.4 is 4.74 Å². The standard InChI is InChI=1S/C19H25N3O3S/c1-15-13-19(16(2)12-18(15)25-3)26(23,24)22-10-8-21(9-11-22)14-17-4-6-20-7-5-17/h4-7,12-13H,8-11,14H2,1-3H3. The Balaban J connectivity index is 1.71. The molecule has 26 heavy (non-hydrogen) atoms. The summed E-state index contributed by atoms with van der Waals surface area (Å²) in [4.78, 5) is 6.67. The van der Waals surface area contributed by atoms with E-state index < -0.39 is 10.0 Å². The van der Waals surface area contributed by atoms with Crippen molar-refractivity contribution >= 4 is 10.0 Å². The first-order chi connectivity index (χ1) is 12.4. The van der Waals surface area contributed by atoms with Gasteiger partial charge in [0.05, 0.1) is 12.0 Å². The van der Waals surface area contributed by atoms with E-state index >= 15 is 0 Å². The predicted molar refractivity (Wildman–Crippen MR) is 101 cm³/mol. The minimum Gasteiger partial charge on any atom is -0.496 e. The van der Waals surface area contributed by atoms with Gasteiger partial charge in [0.15, 0.2) is 0 Å². The number of aromatic nitrogens is 1. The fraction of sp³-hybridized carbons (Fsp3) is 0.421. The van der Waals surface area contributed by atoms with Crippen LogP contribution in [0.15, 0.2) is 41.6 Å². The maximum Gasteiger partial charge on any atom is 0.243 e. The van der Waals surface area contributed by atoms with Crippen molar-refractivity contribution in [1.82, 2.24) is 14.2 Å². The molecule has 0 atom stereocenters. The van der Waals surface area contributed by atoms with Crippen molar-refractivity contribution in [3.8, 4) is 5.75 Å². The molecule has 7 heteroatoms. The number of ether oxygens (including phenoxy) is 1. The number of aryl methyl sites for hydroxylation is 2. The third kappa shape index (κ3) is 3.90. The van der Waals surface area contributed by atoms with Crippen LogP contribution in [0.4, 0.5) is 0 Å². The summed E-state index contributed by atoms with van der Waals surface area (Å²) >= 11 is 0. The van der Waals surface area contributed by atoms with E-state index in [-0.39, 0.29) is 0 Å². The van der Waals surface area contributed by atoms with Gasteiger partial charge in [0.25, 0.3) is 0 Å². The lowest BCUT2D eigenvalue weighted by Crippen LogP contribution is -2.48. The molecule has 0 unspecified atom stereocenters. The Hall–Kier alpha value is -1.96. The van der Waals surface area contributed by atoms with E-state index in [1.165, 1.54) is 5.56 Å². The second kappa shape index (κ2) is 7.73. The molecule has 1 aliphatic heterocycles. The smallest absolute Gasteiger partial charge is 0.243 e. The number of pyridine rings is 1. The lowest BCUT2D eigenvalue weighted by Gasteiger charge is -2.34. The molecule has 1 aromatic carbocycles. The monoisotopic (exact) mass is 375 g/mol. The minimum atomic E-state index is -3.50. The summed E-state index contributed by atoms with van der Waals surface area (Å²) in [6.45, 7) is 6.93. The number of hydrogen-bond acceptors (Lipinski definition) is 5. The van der Waals surface area contributed by atoms with Gasteiger partial charge in [0.1, 0.15) is 5.75 Å². The summed E-state index contributed by atoms with van der Waals surface area (Å²) in [5.74, 6) is 0.712. The average molecular weight is 375 g/mol. The van der Waals surface area contributed by atoms with E-state index in [0.29, 0.717) is 29.3 Å². The van der Waals surface area contributed by atoms with E-state index in [9.17, 15) is 8.42 Å². The fourth-order valence-corrected chi connectivity index (χ4v) is 4.99. The van der Waals surface area contributed by atoms with Crippen molar-refractivity contribution in [2.45, 2.75) is 25.3 Å². The van der Waals surface area contributed by atoms with E-state index in [2.05, 4.69) is 9.88 Å². The predicted octanol–water partition coefficient (Wildman–Crippen LogP) is 2.21. The maximum atomic E-state index is 13.1. The zero-order chi connectivity index (χ0) is 18.7. The van der Waals surface area contributed by atoms with Crippen LogP contribution in [-0.4, -0.2) is 55.9 Å². The van der Waals surface area contributed by atoms with Crippen molar-refractivity contribution in [3.63, 3.8) is 0 Å². The van der Waals surface area contributed by atoms with E-state index in [1.807, 2.05) is 26.0 Å². The van der Waals surface area contributed by atoms with Crippen LogP contribution in [0.2, 0.25) is 0 Å². The van der Waals surface area contributed by atoms with Gasteiger partial charge < -0.3 is 4.74 Å². The first kappa shape index (κ1) is 18.8. The van der Waals surface area contributed by atoms with Crippen LogP contribution in [0, 0.1) is 13.8 Å². The summed E-state index contributed by atoms with van der Waals surface area (Å²) < 4.78 is 33.0. The Morgan fingerprint density at radius 2 is 1.69 bits per heavy atom. The number of sulfonamides is 1. The van der Waals surface area contributed by atoms with Crippen molar-refractivity contribution in [2.75, 3.05) is 33.3 Å². The highest BCUT2D eigenvalue weighted by Gasteiger charge is 2.30. The van der Waals surface area contributed by atoms with E-state index in [4.69, 9.17) is 4.74 Å². The summed E-state index contributed by atoms with van der Waals surface area (Å²) in [6, 6.07) is 7.49. The molecule has 1 aromatic heterocycles. The van der Waals surface area contributed by atoms with Gasteiger partial charge in [0.2, 0.25) is 10.0 Å². The molecule has 3 rings (SSSR count). The quantitative estimate of drug-likeness (QED) is 0.802. The molecule has 0 saturated carbocycles. The number of piperazine rings is 1. The molecule has 0 aliphatic carbocycles. The summed E-state index contributed by atoms with van der Waals surface area (Å²) in [6.07, 6.45) is 3.57. The third-order valence-electron chi connectivity index (χ3n) is 4.80. The summed E-state index contributed by atoms with van der Waals surface area (Å²) in [5, 5.41) is 0. The highest BCUT2D eigenvalue weighted by Crippen LogP contribution is 2.28. The lowest BCUT2D eigenvalue weighted by atomic mass is 10.1. The molecular weight excluding hydrogens is 350 g/mol. The molecule has 0 radical (unpaired) electrons. The van der Waals surface area contributed by atoms with Gasteiger partial charge in [-0.1, -0.05) is 0 Å². The van der Waals surface area contributed by atoms with Gasteiger partial charge >= 0.3 is 0 Å². The van der Waals surface area contributed by atoms with Gasteiger partial charge in [-0.25, -0.2) is 8.42 Å². The Morgan fingerprint density at radius 3 is 2.31 bits per heavy atom. The van der Waals surface area contributed by atoms with Gasteiger partial charge in [-0.05, 0) is 54.8 Å². The summed E-state index contributed by atoms with van der Waals surface area (Å²) in [7, 11) is -1.90. The van der Waals surface area contributed by atoms with Gasteiger partial charge in [-0.3, -0.25) is 9.88 Å². The van der Waals surface area contributed by atoms with Crippen molar-refractivity contribution < 1.29 is 13.2 Å². The Kier molecular flexibility index (Phi) is 5.60. The normalized spacial score (nSPS) is 16.6. The van der Waals surface area contributed by atoms with Gasteiger partial charge in [-0.15, -0.1) is 0 Å².